The highest BCUT2D eigenvalue weighted by atomic mass is 16.4. The number of phenolic OH excluding ortho intramolecular Hbond substituents is 1. The molecule has 0 spiro atoms. The lowest BCUT2D eigenvalue weighted by atomic mass is 10.0. The highest BCUT2D eigenvalue weighted by Gasteiger charge is 2.25. The number of nitrogens with one attached hydrogen (secondary N) is 1. The van der Waals surface area contributed by atoms with E-state index in [-0.39, 0.29) is 11.7 Å². The molecule has 0 saturated carbocycles. The van der Waals surface area contributed by atoms with Gasteiger partial charge in [-0.05, 0) is 30.0 Å². The molecule has 0 heterocycles. The molecule has 20 heavy (non-hydrogen) atoms. The number of hydrogen-bond donors (Lipinski definition) is 4. The van der Waals surface area contributed by atoms with Crippen LogP contribution in [0.3, 0.4) is 0 Å². The summed E-state index contributed by atoms with van der Waals surface area (Å²) in [5.74, 6) is -1.41. The summed E-state index contributed by atoms with van der Waals surface area (Å²) in [4.78, 5) is 23.1. The molecular weight excluding hydrogens is 260 g/mol. The SMILES string of the molecule is CC(C)CC(N)C(=O)NC(C(=O)O)c1ccc(O)cc1. The van der Waals surface area contributed by atoms with Gasteiger partial charge in [0.25, 0.3) is 0 Å². The Labute approximate surface area is 117 Å². The summed E-state index contributed by atoms with van der Waals surface area (Å²) in [7, 11) is 0. The summed E-state index contributed by atoms with van der Waals surface area (Å²) in [5, 5.41) is 20.8. The molecule has 1 aromatic carbocycles. The third kappa shape index (κ3) is 4.55. The maximum absolute atomic E-state index is 11.9. The largest absolute Gasteiger partial charge is 0.508 e. The van der Waals surface area contributed by atoms with Gasteiger partial charge in [-0.25, -0.2) is 4.79 Å². The number of rotatable bonds is 6. The van der Waals surface area contributed by atoms with Crippen LogP contribution in [0.5, 0.6) is 5.75 Å². The van der Waals surface area contributed by atoms with Gasteiger partial charge in [0.1, 0.15) is 5.75 Å². The minimum atomic E-state index is -1.18. The Morgan fingerprint density at radius 3 is 2.25 bits per heavy atom. The van der Waals surface area contributed by atoms with Gasteiger partial charge in [0, 0.05) is 0 Å². The maximum atomic E-state index is 11.9. The summed E-state index contributed by atoms with van der Waals surface area (Å²) in [6.45, 7) is 3.86. The van der Waals surface area contributed by atoms with Crippen LogP contribution in [0.25, 0.3) is 0 Å². The van der Waals surface area contributed by atoms with E-state index in [4.69, 9.17) is 5.73 Å². The van der Waals surface area contributed by atoms with Crippen molar-refractivity contribution >= 4 is 11.9 Å². The zero-order valence-electron chi connectivity index (χ0n) is 11.5. The first-order chi connectivity index (χ1) is 9.31. The molecule has 1 rings (SSSR count). The van der Waals surface area contributed by atoms with E-state index in [2.05, 4.69) is 5.32 Å². The Morgan fingerprint density at radius 2 is 1.80 bits per heavy atom. The second-order valence-electron chi connectivity index (χ2n) is 5.11. The van der Waals surface area contributed by atoms with E-state index in [1.807, 2.05) is 13.8 Å². The molecule has 1 amide bonds. The summed E-state index contributed by atoms with van der Waals surface area (Å²) in [5.41, 5.74) is 6.10. The normalized spacial score (nSPS) is 13.8. The Balaban J connectivity index is 2.80. The fourth-order valence-corrected chi connectivity index (χ4v) is 1.82. The Kier molecular flexibility index (Phi) is 5.52. The Morgan fingerprint density at radius 1 is 1.25 bits per heavy atom. The Hall–Kier alpha value is -2.08. The number of carbonyl (C=O) groups excluding carboxylic acids is 1. The minimum absolute atomic E-state index is 0.0284. The summed E-state index contributed by atoms with van der Waals surface area (Å²) >= 11 is 0. The number of nitrogens with two attached hydrogens (primary N) is 1. The number of phenols is 1. The van der Waals surface area contributed by atoms with Crippen molar-refractivity contribution < 1.29 is 19.8 Å². The molecule has 0 radical (unpaired) electrons. The van der Waals surface area contributed by atoms with Crippen LogP contribution in [0.1, 0.15) is 31.9 Å². The average molecular weight is 280 g/mol. The van der Waals surface area contributed by atoms with Gasteiger partial charge in [-0.3, -0.25) is 4.79 Å². The van der Waals surface area contributed by atoms with Gasteiger partial charge in [0.2, 0.25) is 5.91 Å². The molecule has 6 nitrogen and oxygen atoms in total. The third-order valence-corrected chi connectivity index (χ3v) is 2.82. The molecule has 0 saturated heterocycles. The van der Waals surface area contributed by atoms with Crippen LogP contribution in [0.4, 0.5) is 0 Å². The van der Waals surface area contributed by atoms with Crippen molar-refractivity contribution in [2.24, 2.45) is 11.7 Å². The van der Waals surface area contributed by atoms with Crippen LogP contribution < -0.4 is 11.1 Å². The molecule has 0 aliphatic carbocycles. The van der Waals surface area contributed by atoms with Crippen LogP contribution in [0.15, 0.2) is 24.3 Å². The first-order valence-electron chi connectivity index (χ1n) is 6.39. The molecule has 0 aromatic heterocycles. The van der Waals surface area contributed by atoms with E-state index in [9.17, 15) is 19.8 Å². The molecule has 0 aliphatic heterocycles. The number of carbonyl (C=O) groups is 2. The van der Waals surface area contributed by atoms with Gasteiger partial charge >= 0.3 is 5.97 Å². The van der Waals surface area contributed by atoms with E-state index in [0.717, 1.165) is 0 Å². The number of amides is 1. The molecule has 1 aromatic rings. The molecular formula is C14H20N2O4. The lowest BCUT2D eigenvalue weighted by Gasteiger charge is -2.19. The van der Waals surface area contributed by atoms with Gasteiger partial charge in [0.15, 0.2) is 6.04 Å². The molecule has 110 valence electrons. The minimum Gasteiger partial charge on any atom is -0.508 e. The van der Waals surface area contributed by atoms with E-state index >= 15 is 0 Å². The smallest absolute Gasteiger partial charge is 0.330 e. The number of hydrogen-bond acceptors (Lipinski definition) is 4. The van der Waals surface area contributed by atoms with Crippen molar-refractivity contribution in [3.8, 4) is 5.75 Å². The number of aliphatic carboxylic acids is 1. The summed E-state index contributed by atoms with van der Waals surface area (Å²) in [6.07, 6.45) is 0.480. The van der Waals surface area contributed by atoms with Crippen molar-refractivity contribution in [2.75, 3.05) is 0 Å². The van der Waals surface area contributed by atoms with Crippen LogP contribution in [-0.2, 0) is 9.59 Å². The predicted molar refractivity (Wildman–Crippen MR) is 74.1 cm³/mol. The Bertz CT molecular complexity index is 471. The molecule has 5 N–H and O–H groups in total. The topological polar surface area (TPSA) is 113 Å². The van der Waals surface area contributed by atoms with Gasteiger partial charge < -0.3 is 21.3 Å². The van der Waals surface area contributed by atoms with Gasteiger partial charge in [-0.15, -0.1) is 0 Å². The lowest BCUT2D eigenvalue weighted by Crippen LogP contribution is -2.44. The third-order valence-electron chi connectivity index (χ3n) is 2.82. The molecule has 2 atom stereocenters. The average Bonchev–Trinajstić information content (AvgIpc) is 2.35. The maximum Gasteiger partial charge on any atom is 0.330 e. The quantitative estimate of drug-likeness (QED) is 0.621. The first-order valence-corrected chi connectivity index (χ1v) is 6.39. The van der Waals surface area contributed by atoms with Crippen molar-refractivity contribution in [3.05, 3.63) is 29.8 Å². The predicted octanol–water partition coefficient (Wildman–Crippen LogP) is 1.01. The van der Waals surface area contributed by atoms with E-state index in [0.29, 0.717) is 12.0 Å². The molecule has 2 unspecified atom stereocenters. The highest BCUT2D eigenvalue weighted by molar-refractivity contribution is 5.87. The summed E-state index contributed by atoms with van der Waals surface area (Å²) in [6, 6.07) is 3.71. The number of carboxylic acid groups (broad SMARTS) is 1. The second kappa shape index (κ2) is 6.91. The van der Waals surface area contributed by atoms with Gasteiger partial charge in [-0.2, -0.15) is 0 Å². The van der Waals surface area contributed by atoms with E-state index in [1.54, 1.807) is 0 Å². The second-order valence-corrected chi connectivity index (χ2v) is 5.11. The van der Waals surface area contributed by atoms with Gasteiger partial charge in [-0.1, -0.05) is 26.0 Å². The van der Waals surface area contributed by atoms with Crippen molar-refractivity contribution in [2.45, 2.75) is 32.4 Å². The lowest BCUT2D eigenvalue weighted by molar-refractivity contribution is -0.142. The zero-order chi connectivity index (χ0) is 15.3. The van der Waals surface area contributed by atoms with Crippen LogP contribution in [-0.4, -0.2) is 28.1 Å². The monoisotopic (exact) mass is 280 g/mol. The van der Waals surface area contributed by atoms with Gasteiger partial charge in [0.05, 0.1) is 6.04 Å². The summed E-state index contributed by atoms with van der Waals surface area (Å²) < 4.78 is 0. The van der Waals surface area contributed by atoms with E-state index < -0.39 is 24.0 Å². The van der Waals surface area contributed by atoms with Crippen molar-refractivity contribution in [1.82, 2.24) is 5.32 Å². The molecule has 0 fully saturated rings. The fourth-order valence-electron chi connectivity index (χ4n) is 1.82. The van der Waals surface area contributed by atoms with Crippen molar-refractivity contribution in [1.29, 1.82) is 0 Å². The van der Waals surface area contributed by atoms with E-state index in [1.165, 1.54) is 24.3 Å². The van der Waals surface area contributed by atoms with Crippen molar-refractivity contribution in [3.63, 3.8) is 0 Å². The van der Waals surface area contributed by atoms with Crippen LogP contribution in [0, 0.1) is 5.92 Å². The fraction of sp³-hybridized carbons (Fsp3) is 0.429. The molecule has 6 heteroatoms. The van der Waals surface area contributed by atoms with Crippen LogP contribution in [0.2, 0.25) is 0 Å². The first kappa shape index (κ1) is 16.0. The number of aromatic hydroxyl groups is 1. The zero-order valence-corrected chi connectivity index (χ0v) is 11.5. The highest BCUT2D eigenvalue weighted by Crippen LogP contribution is 2.17. The molecule has 0 aliphatic rings. The molecule has 0 bridgehead atoms. The number of benzene rings is 1. The van der Waals surface area contributed by atoms with Crippen LogP contribution >= 0.6 is 0 Å². The standard InChI is InChI=1S/C14H20N2O4/c1-8(2)7-11(15)13(18)16-12(14(19)20)9-3-5-10(17)6-4-9/h3-6,8,11-12,17H,7,15H2,1-2H3,(H,16,18)(H,19,20). The number of carboxylic acids is 1.